The first kappa shape index (κ1) is 20.5. The number of hydrogen-bond acceptors (Lipinski definition) is 5. The summed E-state index contributed by atoms with van der Waals surface area (Å²) < 4.78 is 10.8. The molecule has 1 heterocycles. The van der Waals surface area contributed by atoms with Gasteiger partial charge in [-0.05, 0) is 93.0 Å². The van der Waals surface area contributed by atoms with Gasteiger partial charge in [-0.25, -0.2) is 4.79 Å². The molecule has 0 unspecified atom stereocenters. The number of fused-ring (bicyclic) bond motifs is 5. The zero-order valence-corrected chi connectivity index (χ0v) is 18.6. The summed E-state index contributed by atoms with van der Waals surface area (Å²) in [6.07, 6.45) is 10.9. The van der Waals surface area contributed by atoms with Crippen molar-refractivity contribution in [1.29, 1.82) is 0 Å². The summed E-state index contributed by atoms with van der Waals surface area (Å²) in [6.45, 7) is 6.57. The molecule has 5 heteroatoms. The zero-order valence-electron chi connectivity index (χ0n) is 18.6. The molecule has 0 spiro atoms. The Morgan fingerprint density at radius 2 is 1.90 bits per heavy atom. The molecule has 0 amide bonds. The molecule has 4 saturated carbocycles. The van der Waals surface area contributed by atoms with E-state index in [1.807, 2.05) is 6.08 Å². The van der Waals surface area contributed by atoms with Gasteiger partial charge in [0, 0.05) is 17.9 Å². The van der Waals surface area contributed by atoms with Crippen LogP contribution in [0.4, 0.5) is 0 Å². The van der Waals surface area contributed by atoms with Crippen LogP contribution in [-0.2, 0) is 19.1 Å². The lowest BCUT2D eigenvalue weighted by molar-refractivity contribution is -0.209. The Kier molecular flexibility index (Phi) is 4.67. The molecular weight excluding hydrogens is 380 g/mol. The Morgan fingerprint density at radius 3 is 2.60 bits per heavy atom. The molecule has 1 N–H and O–H groups in total. The van der Waals surface area contributed by atoms with Gasteiger partial charge in [-0.3, -0.25) is 4.79 Å². The van der Waals surface area contributed by atoms with Gasteiger partial charge in [-0.2, -0.15) is 0 Å². The Balaban J connectivity index is 1.40. The van der Waals surface area contributed by atoms with Gasteiger partial charge in [0.1, 0.15) is 12.7 Å². The monoisotopic (exact) mass is 416 g/mol. The predicted molar refractivity (Wildman–Crippen MR) is 111 cm³/mol. The molecule has 5 aliphatic rings. The molecule has 1 aliphatic heterocycles. The highest BCUT2D eigenvalue weighted by Crippen LogP contribution is 2.70. The van der Waals surface area contributed by atoms with Crippen molar-refractivity contribution in [3.05, 3.63) is 11.6 Å². The van der Waals surface area contributed by atoms with E-state index >= 15 is 0 Å². The van der Waals surface area contributed by atoms with Crippen molar-refractivity contribution in [3.8, 4) is 0 Å². The third kappa shape index (κ3) is 2.69. The van der Waals surface area contributed by atoms with Crippen molar-refractivity contribution >= 4 is 11.9 Å². The van der Waals surface area contributed by atoms with E-state index in [9.17, 15) is 14.7 Å². The molecule has 0 saturated heterocycles. The van der Waals surface area contributed by atoms with E-state index in [0.717, 1.165) is 63.4 Å². The van der Waals surface area contributed by atoms with Gasteiger partial charge in [0.05, 0.1) is 5.60 Å². The minimum Gasteiger partial charge on any atom is -0.463 e. The van der Waals surface area contributed by atoms with Crippen LogP contribution in [-0.4, -0.2) is 35.4 Å². The fraction of sp³-hybridized carbons (Fsp3) is 0.840. The number of carbonyl (C=O) groups is 2. The normalized spacial score (nSPS) is 50.1. The van der Waals surface area contributed by atoms with Gasteiger partial charge < -0.3 is 14.6 Å². The number of rotatable bonds is 2. The summed E-state index contributed by atoms with van der Waals surface area (Å²) in [6, 6.07) is 0. The maximum absolute atomic E-state index is 12.3. The van der Waals surface area contributed by atoms with Crippen LogP contribution in [0, 0.1) is 34.5 Å². The molecule has 0 radical (unpaired) electrons. The van der Waals surface area contributed by atoms with E-state index in [1.165, 1.54) is 6.92 Å². The lowest BCUT2D eigenvalue weighted by Gasteiger charge is -2.63. The fourth-order valence-corrected chi connectivity index (χ4v) is 8.68. The van der Waals surface area contributed by atoms with Crippen molar-refractivity contribution in [3.63, 3.8) is 0 Å². The number of ether oxygens (including phenoxy) is 2. The number of cyclic esters (lactones) is 1. The van der Waals surface area contributed by atoms with Crippen LogP contribution in [0.1, 0.15) is 78.6 Å². The number of carbonyl (C=O) groups excluding carboxylic acids is 2. The van der Waals surface area contributed by atoms with Crippen LogP contribution >= 0.6 is 0 Å². The molecule has 8 atom stereocenters. The minimum atomic E-state index is -0.703. The van der Waals surface area contributed by atoms with Crippen LogP contribution in [0.2, 0.25) is 0 Å². The topological polar surface area (TPSA) is 72.8 Å². The summed E-state index contributed by atoms with van der Waals surface area (Å²) in [5.41, 5.74) is 0.0703. The SMILES string of the molecule is CC(=O)O[C@H]1CC[C@@]2(C)[C@H](CC[C@@H]3[C@@H]2CC[C@]2(C)[C@@H](C4=CCOC4=O)CC[C@]32O)C1. The van der Waals surface area contributed by atoms with Crippen molar-refractivity contribution < 1.29 is 24.2 Å². The first-order valence-electron chi connectivity index (χ1n) is 12.0. The highest BCUT2D eigenvalue weighted by atomic mass is 16.5. The van der Waals surface area contributed by atoms with Gasteiger partial charge in [-0.1, -0.05) is 13.8 Å². The van der Waals surface area contributed by atoms with Crippen molar-refractivity contribution in [1.82, 2.24) is 0 Å². The van der Waals surface area contributed by atoms with E-state index in [1.54, 1.807) is 0 Å². The molecule has 5 rings (SSSR count). The first-order valence-corrected chi connectivity index (χ1v) is 12.0. The van der Waals surface area contributed by atoms with E-state index < -0.39 is 5.60 Å². The first-order chi connectivity index (χ1) is 14.2. The Hall–Kier alpha value is -1.36. The van der Waals surface area contributed by atoms with Crippen molar-refractivity contribution in [2.75, 3.05) is 6.61 Å². The maximum Gasteiger partial charge on any atom is 0.334 e. The average molecular weight is 417 g/mol. The highest BCUT2D eigenvalue weighted by molar-refractivity contribution is 5.91. The lowest BCUT2D eigenvalue weighted by Crippen LogP contribution is -2.62. The van der Waals surface area contributed by atoms with Crippen molar-refractivity contribution in [2.24, 2.45) is 34.5 Å². The summed E-state index contributed by atoms with van der Waals surface area (Å²) in [5.74, 6) is 1.14. The Labute approximate surface area is 179 Å². The number of hydrogen-bond donors (Lipinski definition) is 1. The minimum absolute atomic E-state index is 0.0604. The van der Waals surface area contributed by atoms with Crippen LogP contribution in [0.5, 0.6) is 0 Å². The Bertz CT molecular complexity index is 788. The second-order valence-corrected chi connectivity index (χ2v) is 11.2. The summed E-state index contributed by atoms with van der Waals surface area (Å²) in [4.78, 5) is 23.8. The maximum atomic E-state index is 12.3. The fourth-order valence-electron chi connectivity index (χ4n) is 8.68. The quantitative estimate of drug-likeness (QED) is 0.684. The zero-order chi connectivity index (χ0) is 21.3. The molecule has 4 fully saturated rings. The van der Waals surface area contributed by atoms with E-state index in [0.29, 0.717) is 24.4 Å². The number of esters is 2. The van der Waals surface area contributed by atoms with Gasteiger partial charge >= 0.3 is 11.9 Å². The molecule has 0 aromatic heterocycles. The van der Waals surface area contributed by atoms with Crippen LogP contribution < -0.4 is 0 Å². The second kappa shape index (κ2) is 6.82. The van der Waals surface area contributed by atoms with E-state index in [4.69, 9.17) is 9.47 Å². The van der Waals surface area contributed by atoms with Gasteiger partial charge in [-0.15, -0.1) is 0 Å². The average Bonchev–Trinajstić information content (AvgIpc) is 3.22. The molecule has 166 valence electrons. The third-order valence-corrected chi connectivity index (χ3v) is 10.3. The molecular formula is C25H36O5. The molecule has 5 nitrogen and oxygen atoms in total. The molecule has 30 heavy (non-hydrogen) atoms. The molecule has 0 aromatic rings. The van der Waals surface area contributed by atoms with Gasteiger partial charge in [0.15, 0.2) is 0 Å². The second-order valence-electron chi connectivity index (χ2n) is 11.2. The standard InChI is InChI=1S/C25H36O5/c1-15(26)30-17-6-10-23(2)16(14-17)4-5-21-20(23)7-11-24(3)19(8-12-25(21,24)28)18-9-13-29-22(18)27/h9,16-17,19-21,28H,4-8,10-14H2,1-3H3/t16-,17+,19-,20+,21-,23+,24-,25+/m1/s1. The largest absolute Gasteiger partial charge is 0.463 e. The third-order valence-electron chi connectivity index (χ3n) is 10.3. The Morgan fingerprint density at radius 1 is 1.10 bits per heavy atom. The van der Waals surface area contributed by atoms with Crippen LogP contribution in [0.25, 0.3) is 0 Å². The summed E-state index contributed by atoms with van der Waals surface area (Å²) in [5, 5.41) is 12.2. The van der Waals surface area contributed by atoms with Crippen LogP contribution in [0.3, 0.4) is 0 Å². The molecule has 0 bridgehead atoms. The van der Waals surface area contributed by atoms with E-state index in [2.05, 4.69) is 13.8 Å². The highest BCUT2D eigenvalue weighted by Gasteiger charge is 2.68. The number of aliphatic hydroxyl groups is 1. The lowest BCUT2D eigenvalue weighted by atomic mass is 9.43. The van der Waals surface area contributed by atoms with Gasteiger partial charge in [0.25, 0.3) is 0 Å². The van der Waals surface area contributed by atoms with Gasteiger partial charge in [0.2, 0.25) is 0 Å². The molecule has 0 aromatic carbocycles. The summed E-state index contributed by atoms with van der Waals surface area (Å²) in [7, 11) is 0. The smallest absolute Gasteiger partial charge is 0.334 e. The van der Waals surface area contributed by atoms with Crippen LogP contribution in [0.15, 0.2) is 11.6 Å². The summed E-state index contributed by atoms with van der Waals surface area (Å²) >= 11 is 0. The molecule has 4 aliphatic carbocycles. The van der Waals surface area contributed by atoms with Crippen molar-refractivity contribution in [2.45, 2.75) is 90.3 Å². The predicted octanol–water partition coefficient (Wildman–Crippen LogP) is 4.18. The van der Waals surface area contributed by atoms with E-state index in [-0.39, 0.29) is 34.8 Å².